The largest absolute Gasteiger partial charge is 0.300 e. The maximum Gasteiger partial charge on any atom is 0.243 e. The topological polar surface area (TPSA) is 40.6 Å². The van der Waals surface area contributed by atoms with Gasteiger partial charge in [0, 0.05) is 24.2 Å². The molecule has 1 heterocycles. The Morgan fingerprint density at radius 1 is 1.07 bits per heavy atom. The van der Waals surface area contributed by atoms with E-state index in [1.54, 1.807) is 23.5 Å². The predicted molar refractivity (Wildman–Crippen MR) is 115 cm³/mol. The minimum absolute atomic E-state index is 0. The lowest BCUT2D eigenvalue weighted by Gasteiger charge is -2.35. The van der Waals surface area contributed by atoms with E-state index < -0.39 is 10.0 Å². The van der Waals surface area contributed by atoms with E-state index in [9.17, 15) is 8.42 Å². The lowest BCUT2D eigenvalue weighted by Crippen LogP contribution is -2.41. The zero-order valence-corrected chi connectivity index (χ0v) is 19.1. The van der Waals surface area contributed by atoms with Gasteiger partial charge in [-0.15, -0.1) is 12.4 Å². The van der Waals surface area contributed by atoms with Crippen LogP contribution in [0.2, 0.25) is 5.02 Å². The van der Waals surface area contributed by atoms with Crippen LogP contribution in [0.25, 0.3) is 0 Å². The van der Waals surface area contributed by atoms with Crippen molar-refractivity contribution in [2.45, 2.75) is 69.9 Å². The van der Waals surface area contributed by atoms with Gasteiger partial charge in [0.1, 0.15) is 0 Å². The first-order chi connectivity index (χ1) is 12.2. The highest BCUT2D eigenvalue weighted by Gasteiger charge is 2.37. The van der Waals surface area contributed by atoms with Crippen molar-refractivity contribution in [3.63, 3.8) is 0 Å². The molecule has 0 aromatic heterocycles. The standard InChI is InChI=1S/C20H31ClN2O2S.ClH/c1-14-7-9-23(10-8-14)18-6-5-17(13-18)22(4)26(24,25)20-12-15(2)19(21)11-16(20)3;/h11-12,14,17-18H,5-10,13H2,1-4H3;1H/t17-,18+;/m1./s1. The Kier molecular flexibility index (Phi) is 7.65. The number of piperidine rings is 1. The molecule has 4 nitrogen and oxygen atoms in total. The molecule has 2 aliphatic rings. The molecule has 1 aliphatic heterocycles. The molecule has 0 unspecified atom stereocenters. The summed E-state index contributed by atoms with van der Waals surface area (Å²) < 4.78 is 28.0. The van der Waals surface area contributed by atoms with Gasteiger partial charge >= 0.3 is 0 Å². The number of aryl methyl sites for hydroxylation is 2. The Morgan fingerprint density at radius 3 is 2.33 bits per heavy atom. The molecule has 2 atom stereocenters. The van der Waals surface area contributed by atoms with Crippen LogP contribution in [-0.4, -0.2) is 49.8 Å². The third-order valence-corrected chi connectivity index (χ3v) is 8.80. The maximum atomic E-state index is 13.2. The Hall–Kier alpha value is -0.330. The lowest BCUT2D eigenvalue weighted by molar-refractivity contribution is 0.136. The van der Waals surface area contributed by atoms with Crippen LogP contribution in [0.1, 0.15) is 50.2 Å². The van der Waals surface area contributed by atoms with Crippen LogP contribution in [0.3, 0.4) is 0 Å². The molecule has 1 aromatic carbocycles. The average Bonchev–Trinajstić information content (AvgIpc) is 3.07. The van der Waals surface area contributed by atoms with Crippen LogP contribution in [-0.2, 0) is 10.0 Å². The monoisotopic (exact) mass is 434 g/mol. The van der Waals surface area contributed by atoms with Gasteiger partial charge in [-0.25, -0.2) is 8.42 Å². The van der Waals surface area contributed by atoms with Crippen molar-refractivity contribution in [3.8, 4) is 0 Å². The second-order valence-electron chi connectivity index (χ2n) is 8.23. The van der Waals surface area contributed by atoms with Crippen LogP contribution in [0.5, 0.6) is 0 Å². The van der Waals surface area contributed by atoms with E-state index in [-0.39, 0.29) is 18.4 Å². The molecule has 154 valence electrons. The summed E-state index contributed by atoms with van der Waals surface area (Å²) in [6, 6.07) is 4.07. The molecule has 27 heavy (non-hydrogen) atoms. The molecular weight excluding hydrogens is 403 g/mol. The van der Waals surface area contributed by atoms with E-state index in [0.29, 0.717) is 21.5 Å². The smallest absolute Gasteiger partial charge is 0.243 e. The summed E-state index contributed by atoms with van der Waals surface area (Å²) in [7, 11) is -1.76. The Labute approximate surface area is 175 Å². The quantitative estimate of drug-likeness (QED) is 0.691. The van der Waals surface area contributed by atoms with Gasteiger partial charge < -0.3 is 4.90 Å². The molecule has 0 amide bonds. The van der Waals surface area contributed by atoms with Crippen molar-refractivity contribution in [2.75, 3.05) is 20.1 Å². The second kappa shape index (κ2) is 9.00. The highest BCUT2D eigenvalue weighted by atomic mass is 35.5. The van der Waals surface area contributed by atoms with Gasteiger partial charge in [-0.1, -0.05) is 18.5 Å². The van der Waals surface area contributed by atoms with E-state index in [4.69, 9.17) is 11.6 Å². The van der Waals surface area contributed by atoms with Crippen LogP contribution >= 0.6 is 24.0 Å². The molecule has 0 radical (unpaired) electrons. The number of likely N-dealkylation sites (tertiary alicyclic amines) is 1. The molecule has 3 rings (SSSR count). The molecule has 0 N–H and O–H groups in total. The zero-order chi connectivity index (χ0) is 19.1. The van der Waals surface area contributed by atoms with E-state index in [1.807, 2.05) is 13.8 Å². The third kappa shape index (κ3) is 4.81. The summed E-state index contributed by atoms with van der Waals surface area (Å²) in [5, 5.41) is 0.615. The zero-order valence-electron chi connectivity index (χ0n) is 16.7. The summed E-state index contributed by atoms with van der Waals surface area (Å²) in [6.45, 7) is 8.31. The van der Waals surface area contributed by atoms with E-state index in [1.165, 1.54) is 12.8 Å². The first-order valence-corrected chi connectivity index (χ1v) is 11.5. The number of hydrogen-bond donors (Lipinski definition) is 0. The fourth-order valence-electron chi connectivity index (χ4n) is 4.37. The third-order valence-electron chi connectivity index (χ3n) is 6.34. The van der Waals surface area contributed by atoms with Crippen molar-refractivity contribution in [3.05, 3.63) is 28.3 Å². The van der Waals surface area contributed by atoms with Crippen LogP contribution < -0.4 is 0 Å². The van der Waals surface area contributed by atoms with Gasteiger partial charge in [0.15, 0.2) is 0 Å². The molecule has 1 aliphatic carbocycles. The molecular formula is C20H32Cl2N2O2S. The summed E-state index contributed by atoms with van der Waals surface area (Å²) in [5.41, 5.74) is 1.52. The lowest BCUT2D eigenvalue weighted by atomic mass is 9.97. The number of sulfonamides is 1. The van der Waals surface area contributed by atoms with Crippen LogP contribution in [0, 0.1) is 19.8 Å². The fourth-order valence-corrected chi connectivity index (χ4v) is 6.28. The van der Waals surface area contributed by atoms with Crippen molar-refractivity contribution >= 4 is 34.0 Å². The Bertz CT molecular complexity index is 761. The summed E-state index contributed by atoms with van der Waals surface area (Å²) in [6.07, 6.45) is 5.50. The molecule has 7 heteroatoms. The minimum atomic E-state index is -3.50. The number of hydrogen-bond acceptors (Lipinski definition) is 3. The Morgan fingerprint density at radius 2 is 1.70 bits per heavy atom. The van der Waals surface area contributed by atoms with Gasteiger partial charge in [0.2, 0.25) is 10.0 Å². The highest BCUT2D eigenvalue weighted by molar-refractivity contribution is 7.89. The number of halogens is 2. The minimum Gasteiger partial charge on any atom is -0.300 e. The molecule has 1 saturated heterocycles. The second-order valence-corrected chi connectivity index (χ2v) is 10.6. The summed E-state index contributed by atoms with van der Waals surface area (Å²) in [5.74, 6) is 0.822. The maximum absolute atomic E-state index is 13.2. The SMILES string of the molecule is Cc1cc(S(=O)(=O)N(C)[C@@H]2CC[C@H](N3CCC(C)CC3)C2)c(C)cc1Cl.Cl. The van der Waals surface area contributed by atoms with Crippen LogP contribution in [0.4, 0.5) is 0 Å². The van der Waals surface area contributed by atoms with Crippen molar-refractivity contribution in [1.82, 2.24) is 9.21 Å². The average molecular weight is 435 g/mol. The number of nitrogens with zero attached hydrogens (tertiary/aromatic N) is 2. The molecule has 1 saturated carbocycles. The first kappa shape index (κ1) is 23.0. The molecule has 0 spiro atoms. The molecule has 0 bridgehead atoms. The number of rotatable bonds is 4. The summed E-state index contributed by atoms with van der Waals surface area (Å²) >= 11 is 6.14. The normalized spacial score (nSPS) is 25.0. The summed E-state index contributed by atoms with van der Waals surface area (Å²) in [4.78, 5) is 2.97. The fraction of sp³-hybridized carbons (Fsp3) is 0.700. The molecule has 2 fully saturated rings. The van der Waals surface area contributed by atoms with Gasteiger partial charge in [-0.3, -0.25) is 0 Å². The van der Waals surface area contributed by atoms with Crippen molar-refractivity contribution < 1.29 is 8.42 Å². The van der Waals surface area contributed by atoms with Crippen LogP contribution in [0.15, 0.2) is 17.0 Å². The predicted octanol–water partition coefficient (Wildman–Crippen LogP) is 4.65. The van der Waals surface area contributed by atoms with Gasteiger partial charge in [-0.05, 0) is 88.2 Å². The van der Waals surface area contributed by atoms with Crippen molar-refractivity contribution in [2.24, 2.45) is 5.92 Å². The molecule has 1 aromatic rings. The van der Waals surface area contributed by atoms with E-state index >= 15 is 0 Å². The van der Waals surface area contributed by atoms with E-state index in [0.717, 1.165) is 43.8 Å². The van der Waals surface area contributed by atoms with Crippen molar-refractivity contribution in [1.29, 1.82) is 0 Å². The van der Waals surface area contributed by atoms with E-state index in [2.05, 4.69) is 11.8 Å². The number of benzene rings is 1. The highest BCUT2D eigenvalue weighted by Crippen LogP contribution is 2.34. The Balaban J connectivity index is 0.00000261. The van der Waals surface area contributed by atoms with Gasteiger partial charge in [-0.2, -0.15) is 4.31 Å². The van der Waals surface area contributed by atoms with Gasteiger partial charge in [0.25, 0.3) is 0 Å². The van der Waals surface area contributed by atoms with Gasteiger partial charge in [0.05, 0.1) is 4.90 Å². The first-order valence-electron chi connectivity index (χ1n) is 9.69.